The zero-order chi connectivity index (χ0) is 12.0. The number of hydrogen-bond donors (Lipinski definition) is 1. The Labute approximate surface area is 97.4 Å². The average molecular weight is 231 g/mol. The van der Waals surface area contributed by atoms with Gasteiger partial charge in [0.05, 0.1) is 11.5 Å². The predicted molar refractivity (Wildman–Crippen MR) is 66.8 cm³/mol. The molecule has 0 heterocycles. The van der Waals surface area contributed by atoms with Crippen molar-refractivity contribution >= 4 is 23.1 Å². The predicted octanol–water partition coefficient (Wildman–Crippen LogP) is 0.319. The van der Waals surface area contributed by atoms with Crippen molar-refractivity contribution in [1.29, 1.82) is 0 Å². The molecule has 0 saturated heterocycles. The molecule has 0 radical (unpaired) electrons. The van der Waals surface area contributed by atoms with Crippen LogP contribution in [0.3, 0.4) is 0 Å². The summed E-state index contributed by atoms with van der Waals surface area (Å²) in [4.78, 5) is 15.7. The van der Waals surface area contributed by atoms with Gasteiger partial charge in [0, 0.05) is 26.1 Å². The van der Waals surface area contributed by atoms with Crippen LogP contribution in [0.5, 0.6) is 0 Å². The molecule has 1 unspecified atom stereocenters. The zero-order valence-corrected chi connectivity index (χ0v) is 10.8. The van der Waals surface area contributed by atoms with E-state index in [2.05, 4.69) is 0 Å². The van der Waals surface area contributed by atoms with Crippen LogP contribution in [0, 0.1) is 5.92 Å². The average Bonchev–Trinajstić information content (AvgIpc) is 2.15. The number of nitrogens with two attached hydrogens (primary N) is 1. The van der Waals surface area contributed by atoms with E-state index in [9.17, 15) is 4.79 Å². The first-order valence-corrected chi connectivity index (χ1v) is 5.51. The minimum Gasteiger partial charge on any atom is -0.393 e. The number of rotatable bonds is 6. The summed E-state index contributed by atoms with van der Waals surface area (Å²) in [5.41, 5.74) is 5.51. The van der Waals surface area contributed by atoms with E-state index in [-0.39, 0.29) is 11.8 Å². The van der Waals surface area contributed by atoms with Crippen LogP contribution < -0.4 is 5.73 Å². The lowest BCUT2D eigenvalue weighted by Gasteiger charge is -2.22. The van der Waals surface area contributed by atoms with Crippen molar-refractivity contribution in [2.45, 2.75) is 13.8 Å². The first-order chi connectivity index (χ1) is 6.88. The second kappa shape index (κ2) is 6.74. The minimum absolute atomic E-state index is 0.120. The van der Waals surface area contributed by atoms with Gasteiger partial charge in [-0.2, -0.15) is 0 Å². The SMILES string of the molecule is CCN(C)C(=O)CN(C)CC(C)C(N)=S. The van der Waals surface area contributed by atoms with Crippen molar-refractivity contribution < 1.29 is 4.79 Å². The Kier molecular flexibility index (Phi) is 6.43. The van der Waals surface area contributed by atoms with E-state index in [1.807, 2.05) is 25.8 Å². The van der Waals surface area contributed by atoms with Crippen LogP contribution in [0.1, 0.15) is 13.8 Å². The minimum atomic E-state index is 0.120. The van der Waals surface area contributed by atoms with Crippen LogP contribution in [-0.2, 0) is 4.79 Å². The first kappa shape index (κ1) is 14.3. The van der Waals surface area contributed by atoms with Gasteiger partial charge in [0.1, 0.15) is 0 Å². The van der Waals surface area contributed by atoms with E-state index in [1.165, 1.54) is 0 Å². The van der Waals surface area contributed by atoms with Gasteiger partial charge in [0.2, 0.25) is 5.91 Å². The highest BCUT2D eigenvalue weighted by atomic mass is 32.1. The molecular formula is C10H21N3OS. The summed E-state index contributed by atoms with van der Waals surface area (Å²) in [7, 11) is 3.70. The van der Waals surface area contributed by atoms with Gasteiger partial charge >= 0.3 is 0 Å². The van der Waals surface area contributed by atoms with Gasteiger partial charge in [-0.3, -0.25) is 9.69 Å². The van der Waals surface area contributed by atoms with Gasteiger partial charge in [0.15, 0.2) is 0 Å². The fraction of sp³-hybridized carbons (Fsp3) is 0.800. The Morgan fingerprint density at radius 3 is 2.40 bits per heavy atom. The van der Waals surface area contributed by atoms with Gasteiger partial charge in [-0.15, -0.1) is 0 Å². The number of nitrogens with zero attached hydrogens (tertiary/aromatic N) is 2. The van der Waals surface area contributed by atoms with E-state index in [0.717, 1.165) is 13.1 Å². The molecule has 1 amide bonds. The fourth-order valence-electron chi connectivity index (χ4n) is 1.15. The molecular weight excluding hydrogens is 210 g/mol. The zero-order valence-electron chi connectivity index (χ0n) is 9.99. The number of likely N-dealkylation sites (N-methyl/N-ethyl adjacent to an activating group) is 2. The molecule has 0 aromatic rings. The molecule has 0 saturated carbocycles. The highest BCUT2D eigenvalue weighted by molar-refractivity contribution is 7.80. The highest BCUT2D eigenvalue weighted by Crippen LogP contribution is 1.99. The largest absolute Gasteiger partial charge is 0.393 e. The Morgan fingerprint density at radius 2 is 2.00 bits per heavy atom. The second-order valence-corrected chi connectivity index (χ2v) is 4.38. The van der Waals surface area contributed by atoms with Crippen molar-refractivity contribution in [2.75, 3.05) is 33.7 Å². The van der Waals surface area contributed by atoms with Crippen molar-refractivity contribution in [1.82, 2.24) is 9.80 Å². The van der Waals surface area contributed by atoms with E-state index in [4.69, 9.17) is 18.0 Å². The topological polar surface area (TPSA) is 49.6 Å². The molecule has 0 aliphatic carbocycles. The Bertz CT molecular complexity index is 233. The summed E-state index contributed by atoms with van der Waals surface area (Å²) in [5, 5.41) is 0. The molecule has 4 nitrogen and oxygen atoms in total. The molecule has 5 heteroatoms. The number of amides is 1. The van der Waals surface area contributed by atoms with E-state index in [0.29, 0.717) is 11.5 Å². The van der Waals surface area contributed by atoms with Crippen molar-refractivity contribution in [3.63, 3.8) is 0 Å². The number of thiocarbonyl (C=S) groups is 1. The number of carbonyl (C=O) groups excluding carboxylic acids is 1. The number of hydrogen-bond acceptors (Lipinski definition) is 3. The van der Waals surface area contributed by atoms with Gasteiger partial charge in [0.25, 0.3) is 0 Å². The molecule has 0 fully saturated rings. The van der Waals surface area contributed by atoms with Crippen molar-refractivity contribution in [2.24, 2.45) is 11.7 Å². The second-order valence-electron chi connectivity index (χ2n) is 3.91. The van der Waals surface area contributed by atoms with Crippen LogP contribution >= 0.6 is 12.2 Å². The van der Waals surface area contributed by atoms with Crippen LogP contribution in [0.15, 0.2) is 0 Å². The normalized spacial score (nSPS) is 12.6. The molecule has 0 aromatic carbocycles. The van der Waals surface area contributed by atoms with Crippen LogP contribution in [0.4, 0.5) is 0 Å². The molecule has 0 aliphatic heterocycles. The number of carbonyl (C=O) groups is 1. The van der Waals surface area contributed by atoms with Crippen LogP contribution in [-0.4, -0.2) is 54.4 Å². The molecule has 88 valence electrons. The van der Waals surface area contributed by atoms with Gasteiger partial charge in [-0.1, -0.05) is 19.1 Å². The standard InChI is InChI=1S/C10H21N3OS/c1-5-13(4)9(14)7-12(3)6-8(2)10(11)15/h8H,5-7H2,1-4H3,(H2,11,15). The first-order valence-electron chi connectivity index (χ1n) is 5.10. The van der Waals surface area contributed by atoms with Crippen molar-refractivity contribution in [3.8, 4) is 0 Å². The molecule has 0 rings (SSSR count). The third kappa shape index (κ3) is 5.69. The van der Waals surface area contributed by atoms with Gasteiger partial charge in [-0.05, 0) is 14.0 Å². The Balaban J connectivity index is 3.98. The highest BCUT2D eigenvalue weighted by Gasteiger charge is 2.13. The molecule has 0 bridgehead atoms. The third-order valence-corrected chi connectivity index (χ3v) is 2.78. The maximum absolute atomic E-state index is 11.6. The van der Waals surface area contributed by atoms with Gasteiger partial charge in [-0.25, -0.2) is 0 Å². The lowest BCUT2D eigenvalue weighted by Crippen LogP contribution is -2.39. The quantitative estimate of drug-likeness (QED) is 0.669. The lowest BCUT2D eigenvalue weighted by atomic mass is 10.2. The molecule has 0 aliphatic rings. The van der Waals surface area contributed by atoms with E-state index < -0.39 is 0 Å². The van der Waals surface area contributed by atoms with Crippen LogP contribution in [0.2, 0.25) is 0 Å². The molecule has 0 aromatic heterocycles. The molecule has 2 N–H and O–H groups in total. The summed E-state index contributed by atoms with van der Waals surface area (Å²) in [6.07, 6.45) is 0. The fourth-order valence-corrected chi connectivity index (χ4v) is 1.22. The molecule has 1 atom stereocenters. The maximum Gasteiger partial charge on any atom is 0.236 e. The summed E-state index contributed by atoms with van der Waals surface area (Å²) in [6.45, 7) is 5.79. The van der Waals surface area contributed by atoms with Crippen molar-refractivity contribution in [3.05, 3.63) is 0 Å². The maximum atomic E-state index is 11.6. The smallest absolute Gasteiger partial charge is 0.236 e. The lowest BCUT2D eigenvalue weighted by molar-refractivity contribution is -0.130. The third-order valence-electron chi connectivity index (χ3n) is 2.38. The van der Waals surface area contributed by atoms with E-state index >= 15 is 0 Å². The Morgan fingerprint density at radius 1 is 1.47 bits per heavy atom. The molecule has 15 heavy (non-hydrogen) atoms. The van der Waals surface area contributed by atoms with Gasteiger partial charge < -0.3 is 10.6 Å². The van der Waals surface area contributed by atoms with Crippen LogP contribution in [0.25, 0.3) is 0 Å². The summed E-state index contributed by atoms with van der Waals surface area (Å²) in [5.74, 6) is 0.264. The molecule has 0 spiro atoms. The van der Waals surface area contributed by atoms with E-state index in [1.54, 1.807) is 11.9 Å². The summed E-state index contributed by atoms with van der Waals surface area (Å²) < 4.78 is 0. The Hall–Kier alpha value is -0.680. The summed E-state index contributed by atoms with van der Waals surface area (Å²) >= 11 is 4.88. The monoisotopic (exact) mass is 231 g/mol. The summed E-state index contributed by atoms with van der Waals surface area (Å²) in [6, 6.07) is 0.